The zero-order chi connectivity index (χ0) is 14.4. The predicted octanol–water partition coefficient (Wildman–Crippen LogP) is 4.05. The van der Waals surface area contributed by atoms with Crippen molar-refractivity contribution in [3.05, 3.63) is 46.5 Å². The second-order valence-electron chi connectivity index (χ2n) is 5.55. The van der Waals surface area contributed by atoms with Gasteiger partial charge in [0.15, 0.2) is 0 Å². The van der Waals surface area contributed by atoms with Gasteiger partial charge in [-0.05, 0) is 74.2 Å². The molecular formula is C17H19N3. The molecule has 3 aromatic rings. The Morgan fingerprint density at radius 1 is 0.900 bits per heavy atom. The maximum absolute atomic E-state index is 5.97. The van der Waals surface area contributed by atoms with Gasteiger partial charge >= 0.3 is 0 Å². The highest BCUT2D eigenvalue weighted by atomic mass is 14.9. The van der Waals surface area contributed by atoms with E-state index < -0.39 is 0 Å². The Hall–Kier alpha value is -2.29. The number of nitrogens with two attached hydrogens (primary N) is 1. The maximum Gasteiger partial charge on any atom is 0.138 e. The van der Waals surface area contributed by atoms with Crippen molar-refractivity contribution in [2.24, 2.45) is 0 Å². The molecule has 0 atom stereocenters. The lowest BCUT2D eigenvalue weighted by Gasteiger charge is -2.07. The van der Waals surface area contributed by atoms with Crippen LogP contribution >= 0.6 is 0 Å². The van der Waals surface area contributed by atoms with Crippen LogP contribution in [0.25, 0.3) is 22.4 Å². The molecule has 0 saturated carbocycles. The number of nitrogens with one attached hydrogen (secondary N) is 1. The van der Waals surface area contributed by atoms with Crippen LogP contribution in [0.2, 0.25) is 0 Å². The summed E-state index contributed by atoms with van der Waals surface area (Å²) in [5.41, 5.74) is 14.8. The number of aromatic amines is 1. The Bertz CT molecular complexity index is 774. The van der Waals surface area contributed by atoms with E-state index >= 15 is 0 Å². The number of nitrogens with zero attached hydrogens (tertiary/aromatic N) is 1. The van der Waals surface area contributed by atoms with E-state index in [1.54, 1.807) is 0 Å². The van der Waals surface area contributed by atoms with Crippen LogP contribution < -0.4 is 5.73 Å². The molecule has 0 aliphatic heterocycles. The number of nitrogen functional groups attached to an aromatic ring is 1. The van der Waals surface area contributed by atoms with Crippen LogP contribution in [-0.2, 0) is 0 Å². The van der Waals surface area contributed by atoms with E-state index in [2.05, 4.69) is 44.8 Å². The van der Waals surface area contributed by atoms with Crippen molar-refractivity contribution >= 4 is 16.7 Å². The summed E-state index contributed by atoms with van der Waals surface area (Å²) < 4.78 is 0. The van der Waals surface area contributed by atoms with Gasteiger partial charge in [0, 0.05) is 11.3 Å². The minimum absolute atomic E-state index is 0.774. The number of rotatable bonds is 1. The Kier molecular flexibility index (Phi) is 2.78. The first-order valence-corrected chi connectivity index (χ1v) is 6.80. The molecule has 0 radical (unpaired) electrons. The number of H-pyrrole nitrogens is 1. The van der Waals surface area contributed by atoms with Crippen molar-refractivity contribution in [2.75, 3.05) is 5.73 Å². The summed E-state index contributed by atoms with van der Waals surface area (Å²) in [4.78, 5) is 8.13. The van der Waals surface area contributed by atoms with Crippen LogP contribution in [0, 0.1) is 27.7 Å². The van der Waals surface area contributed by atoms with Crippen molar-refractivity contribution in [2.45, 2.75) is 27.7 Å². The molecule has 3 rings (SSSR count). The second-order valence-corrected chi connectivity index (χ2v) is 5.55. The molecule has 20 heavy (non-hydrogen) atoms. The fourth-order valence-electron chi connectivity index (χ4n) is 2.53. The van der Waals surface area contributed by atoms with E-state index in [9.17, 15) is 0 Å². The average molecular weight is 265 g/mol. The Morgan fingerprint density at radius 2 is 1.60 bits per heavy atom. The first kappa shape index (κ1) is 12.7. The average Bonchev–Trinajstić information content (AvgIpc) is 2.77. The highest BCUT2D eigenvalue weighted by Crippen LogP contribution is 2.28. The van der Waals surface area contributed by atoms with Gasteiger partial charge in [0.25, 0.3) is 0 Å². The van der Waals surface area contributed by atoms with Crippen LogP contribution in [0.5, 0.6) is 0 Å². The van der Waals surface area contributed by atoms with E-state index in [0.717, 1.165) is 28.1 Å². The molecule has 3 heteroatoms. The summed E-state index contributed by atoms with van der Waals surface area (Å²) in [5, 5.41) is 0. The van der Waals surface area contributed by atoms with E-state index in [1.807, 2.05) is 12.1 Å². The number of fused-ring (bicyclic) bond motifs is 1. The third kappa shape index (κ3) is 1.95. The highest BCUT2D eigenvalue weighted by molar-refractivity contribution is 5.82. The van der Waals surface area contributed by atoms with Crippen molar-refractivity contribution in [1.82, 2.24) is 9.97 Å². The Labute approximate surface area is 118 Å². The minimum atomic E-state index is 0.774. The van der Waals surface area contributed by atoms with Gasteiger partial charge in [-0.1, -0.05) is 0 Å². The quantitative estimate of drug-likeness (QED) is 0.652. The third-order valence-corrected chi connectivity index (χ3v) is 4.04. The van der Waals surface area contributed by atoms with E-state index in [-0.39, 0.29) is 0 Å². The van der Waals surface area contributed by atoms with Crippen LogP contribution in [-0.4, -0.2) is 9.97 Å². The number of hydrogen-bond donors (Lipinski definition) is 2. The molecule has 0 aliphatic rings. The number of benzene rings is 2. The molecule has 0 fully saturated rings. The van der Waals surface area contributed by atoms with Gasteiger partial charge in [-0.15, -0.1) is 0 Å². The monoisotopic (exact) mass is 265 g/mol. The van der Waals surface area contributed by atoms with Crippen molar-refractivity contribution in [3.63, 3.8) is 0 Å². The van der Waals surface area contributed by atoms with Gasteiger partial charge < -0.3 is 10.7 Å². The lowest BCUT2D eigenvalue weighted by atomic mass is 10.0. The smallest absolute Gasteiger partial charge is 0.138 e. The molecule has 0 spiro atoms. The lowest BCUT2D eigenvalue weighted by Crippen LogP contribution is -1.93. The molecule has 0 unspecified atom stereocenters. The molecule has 3 N–H and O–H groups in total. The highest BCUT2D eigenvalue weighted by Gasteiger charge is 2.11. The van der Waals surface area contributed by atoms with Crippen LogP contribution in [0.3, 0.4) is 0 Å². The summed E-state index contributed by atoms with van der Waals surface area (Å²) in [6, 6.07) is 8.25. The molecule has 0 bridgehead atoms. The number of imidazole rings is 1. The van der Waals surface area contributed by atoms with E-state index in [4.69, 9.17) is 10.7 Å². The lowest BCUT2D eigenvalue weighted by molar-refractivity contribution is 1.27. The summed E-state index contributed by atoms with van der Waals surface area (Å²) in [5.74, 6) is 0.887. The largest absolute Gasteiger partial charge is 0.399 e. The fourth-order valence-corrected chi connectivity index (χ4v) is 2.53. The van der Waals surface area contributed by atoms with Crippen LogP contribution in [0.15, 0.2) is 24.3 Å². The van der Waals surface area contributed by atoms with Crippen molar-refractivity contribution < 1.29 is 0 Å². The SMILES string of the molecule is Cc1cc2nc(-c3cc(N)cc(C)c3C)[nH]c2cc1C. The topological polar surface area (TPSA) is 54.7 Å². The molecule has 1 aromatic heterocycles. The first-order valence-electron chi connectivity index (χ1n) is 6.80. The van der Waals surface area contributed by atoms with Crippen molar-refractivity contribution in [1.29, 1.82) is 0 Å². The first-order chi connectivity index (χ1) is 9.45. The van der Waals surface area contributed by atoms with Gasteiger partial charge in [0.1, 0.15) is 5.82 Å². The normalized spacial score (nSPS) is 11.2. The summed E-state index contributed by atoms with van der Waals surface area (Å²) in [6.07, 6.45) is 0. The molecule has 3 nitrogen and oxygen atoms in total. The minimum Gasteiger partial charge on any atom is -0.399 e. The van der Waals surface area contributed by atoms with Gasteiger partial charge in [0.05, 0.1) is 11.0 Å². The predicted molar refractivity (Wildman–Crippen MR) is 84.9 cm³/mol. The maximum atomic E-state index is 5.97. The summed E-state index contributed by atoms with van der Waals surface area (Å²) in [6.45, 7) is 8.41. The fraction of sp³-hybridized carbons (Fsp3) is 0.235. The Morgan fingerprint density at radius 3 is 2.35 bits per heavy atom. The second kappa shape index (κ2) is 4.37. The number of hydrogen-bond acceptors (Lipinski definition) is 2. The van der Waals surface area contributed by atoms with Crippen LogP contribution in [0.4, 0.5) is 5.69 Å². The number of aromatic nitrogens is 2. The van der Waals surface area contributed by atoms with Gasteiger partial charge in [-0.3, -0.25) is 0 Å². The zero-order valence-corrected chi connectivity index (χ0v) is 12.3. The van der Waals surface area contributed by atoms with Gasteiger partial charge in [-0.2, -0.15) is 0 Å². The zero-order valence-electron chi connectivity index (χ0n) is 12.3. The molecule has 102 valence electrons. The molecule has 0 amide bonds. The molecular weight excluding hydrogens is 246 g/mol. The molecule has 0 saturated heterocycles. The van der Waals surface area contributed by atoms with Gasteiger partial charge in [-0.25, -0.2) is 4.98 Å². The number of aryl methyl sites for hydroxylation is 3. The molecule has 0 aliphatic carbocycles. The number of anilines is 1. The molecule has 2 aromatic carbocycles. The third-order valence-electron chi connectivity index (χ3n) is 4.04. The standard InChI is InChI=1S/C17H19N3/c1-9-6-15-16(7-10(9)2)20-17(19-15)14-8-13(18)5-11(3)12(14)4/h5-8H,18H2,1-4H3,(H,19,20). The van der Waals surface area contributed by atoms with E-state index in [1.165, 1.54) is 22.3 Å². The summed E-state index contributed by atoms with van der Waals surface area (Å²) in [7, 11) is 0. The van der Waals surface area contributed by atoms with E-state index in [0.29, 0.717) is 0 Å². The van der Waals surface area contributed by atoms with Gasteiger partial charge in [0.2, 0.25) is 0 Å². The molecule has 1 heterocycles. The Balaban J connectivity index is 2.25. The van der Waals surface area contributed by atoms with Crippen LogP contribution in [0.1, 0.15) is 22.3 Å². The van der Waals surface area contributed by atoms with Crippen molar-refractivity contribution in [3.8, 4) is 11.4 Å². The summed E-state index contributed by atoms with van der Waals surface area (Å²) >= 11 is 0.